The second kappa shape index (κ2) is 9.21. The number of nitrogens with two attached hydrogens (primary N) is 1. The zero-order valence-electron chi connectivity index (χ0n) is 14.1. The third-order valence-electron chi connectivity index (χ3n) is 4.34. The van der Waals surface area contributed by atoms with Crippen LogP contribution >= 0.6 is 24.0 Å². The molecule has 0 saturated heterocycles. The summed E-state index contributed by atoms with van der Waals surface area (Å²) in [6, 6.07) is 11.1. The van der Waals surface area contributed by atoms with E-state index in [0.717, 1.165) is 25.7 Å². The summed E-state index contributed by atoms with van der Waals surface area (Å²) in [6.07, 6.45) is 3.50. The largest absolute Gasteiger partial charge is 0.454 e. The van der Waals surface area contributed by atoms with Crippen LogP contribution in [0.4, 0.5) is 4.39 Å². The van der Waals surface area contributed by atoms with E-state index in [9.17, 15) is 9.18 Å². The number of carbonyl (C=O) groups is 1. The lowest BCUT2D eigenvalue weighted by Gasteiger charge is -2.26. The number of ether oxygens (including phenoxy) is 1. The summed E-state index contributed by atoms with van der Waals surface area (Å²) in [5.74, 6) is -0.341. The Hall–Kier alpha value is -1.82. The van der Waals surface area contributed by atoms with Crippen molar-refractivity contribution in [2.75, 3.05) is 0 Å². The number of benzene rings is 2. The van der Waals surface area contributed by atoms with Gasteiger partial charge in [-0.2, -0.15) is 0 Å². The van der Waals surface area contributed by atoms with E-state index >= 15 is 0 Å². The Kier molecular flexibility index (Phi) is 7.26. The summed E-state index contributed by atoms with van der Waals surface area (Å²) in [6.45, 7) is 0. The van der Waals surface area contributed by atoms with Gasteiger partial charge in [-0.15, -0.1) is 12.4 Å². The van der Waals surface area contributed by atoms with Gasteiger partial charge in [0.25, 0.3) is 5.91 Å². The summed E-state index contributed by atoms with van der Waals surface area (Å²) in [5, 5.41) is 3.51. The van der Waals surface area contributed by atoms with Crippen molar-refractivity contribution in [3.63, 3.8) is 0 Å². The number of carbonyl (C=O) groups excluding carboxylic acids is 1. The highest BCUT2D eigenvalue weighted by atomic mass is 35.5. The van der Waals surface area contributed by atoms with Crippen molar-refractivity contribution < 1.29 is 13.9 Å². The summed E-state index contributed by atoms with van der Waals surface area (Å²) in [4.78, 5) is 12.3. The quantitative estimate of drug-likeness (QED) is 0.784. The van der Waals surface area contributed by atoms with Crippen molar-refractivity contribution in [3.05, 3.63) is 58.9 Å². The molecule has 140 valence electrons. The molecule has 7 heteroatoms. The number of hydrogen-bond donors (Lipinski definition) is 2. The van der Waals surface area contributed by atoms with E-state index < -0.39 is 5.82 Å². The SMILES string of the molecule is Cl.NC1CCC(NC(=O)c2ccc(Oc3ccc(Cl)cc3)c(F)c2)CC1. The zero-order chi connectivity index (χ0) is 17.8. The fourth-order valence-electron chi connectivity index (χ4n) is 2.89. The van der Waals surface area contributed by atoms with E-state index in [-0.39, 0.29) is 41.7 Å². The third-order valence-corrected chi connectivity index (χ3v) is 4.59. The first kappa shape index (κ1) is 20.5. The predicted molar refractivity (Wildman–Crippen MR) is 103 cm³/mol. The van der Waals surface area contributed by atoms with Gasteiger partial charge in [-0.3, -0.25) is 4.79 Å². The van der Waals surface area contributed by atoms with E-state index in [2.05, 4.69) is 5.32 Å². The maximum atomic E-state index is 14.3. The smallest absolute Gasteiger partial charge is 0.251 e. The Morgan fingerprint density at radius 1 is 1.12 bits per heavy atom. The van der Waals surface area contributed by atoms with Gasteiger partial charge in [0.15, 0.2) is 11.6 Å². The van der Waals surface area contributed by atoms with Gasteiger partial charge in [-0.05, 0) is 68.1 Å². The molecule has 2 aromatic carbocycles. The van der Waals surface area contributed by atoms with Gasteiger partial charge in [0, 0.05) is 22.7 Å². The molecule has 26 heavy (non-hydrogen) atoms. The topological polar surface area (TPSA) is 64.3 Å². The van der Waals surface area contributed by atoms with E-state index in [0.29, 0.717) is 10.8 Å². The maximum absolute atomic E-state index is 14.3. The van der Waals surface area contributed by atoms with Gasteiger partial charge in [0.2, 0.25) is 0 Å². The highest BCUT2D eigenvalue weighted by molar-refractivity contribution is 6.30. The molecule has 0 aliphatic heterocycles. The van der Waals surface area contributed by atoms with Crippen molar-refractivity contribution in [3.8, 4) is 11.5 Å². The minimum absolute atomic E-state index is 0. The minimum Gasteiger partial charge on any atom is -0.454 e. The van der Waals surface area contributed by atoms with Crippen LogP contribution in [0, 0.1) is 5.82 Å². The van der Waals surface area contributed by atoms with Crippen LogP contribution in [0.25, 0.3) is 0 Å². The summed E-state index contributed by atoms with van der Waals surface area (Å²) in [7, 11) is 0. The molecule has 1 amide bonds. The van der Waals surface area contributed by atoms with E-state index in [1.807, 2.05) is 0 Å². The second-order valence-corrected chi connectivity index (χ2v) is 6.72. The molecule has 0 aromatic heterocycles. The lowest BCUT2D eigenvalue weighted by Crippen LogP contribution is -2.40. The van der Waals surface area contributed by atoms with E-state index in [1.165, 1.54) is 12.1 Å². The van der Waals surface area contributed by atoms with Crippen molar-refractivity contribution >= 4 is 29.9 Å². The van der Waals surface area contributed by atoms with Crippen LogP contribution in [-0.4, -0.2) is 18.0 Å². The summed E-state index contributed by atoms with van der Waals surface area (Å²) in [5.41, 5.74) is 6.14. The Balaban J connectivity index is 0.00000243. The fraction of sp³-hybridized carbons (Fsp3) is 0.316. The number of amides is 1. The first-order chi connectivity index (χ1) is 12.0. The molecule has 1 aliphatic carbocycles. The number of hydrogen-bond acceptors (Lipinski definition) is 3. The fourth-order valence-corrected chi connectivity index (χ4v) is 3.01. The molecule has 0 unspecified atom stereocenters. The predicted octanol–water partition coefficient (Wildman–Crippen LogP) is 4.69. The first-order valence-corrected chi connectivity index (χ1v) is 8.68. The molecule has 0 spiro atoms. The molecular weight excluding hydrogens is 378 g/mol. The van der Waals surface area contributed by atoms with Gasteiger partial charge in [0.1, 0.15) is 5.75 Å². The normalized spacial score (nSPS) is 19.3. The molecule has 0 heterocycles. The molecule has 3 N–H and O–H groups in total. The van der Waals surface area contributed by atoms with Crippen LogP contribution in [0.15, 0.2) is 42.5 Å². The molecule has 0 atom stereocenters. The number of halogens is 3. The average molecular weight is 399 g/mol. The molecule has 1 aliphatic rings. The molecule has 4 nitrogen and oxygen atoms in total. The van der Waals surface area contributed by atoms with Gasteiger partial charge >= 0.3 is 0 Å². The van der Waals surface area contributed by atoms with Gasteiger partial charge < -0.3 is 15.8 Å². The average Bonchev–Trinajstić information content (AvgIpc) is 2.60. The van der Waals surface area contributed by atoms with Crippen molar-refractivity contribution in [2.24, 2.45) is 5.73 Å². The Labute approximate surface area is 163 Å². The molecule has 0 bridgehead atoms. The molecule has 2 aromatic rings. The lowest BCUT2D eigenvalue weighted by molar-refractivity contribution is 0.0925. The van der Waals surface area contributed by atoms with E-state index in [1.54, 1.807) is 30.3 Å². The highest BCUT2D eigenvalue weighted by Crippen LogP contribution is 2.26. The zero-order valence-corrected chi connectivity index (χ0v) is 15.7. The first-order valence-electron chi connectivity index (χ1n) is 8.30. The van der Waals surface area contributed by atoms with Crippen molar-refractivity contribution in [1.29, 1.82) is 0 Å². The Morgan fingerprint density at radius 3 is 2.38 bits per heavy atom. The molecule has 3 rings (SSSR count). The second-order valence-electron chi connectivity index (χ2n) is 6.29. The number of rotatable bonds is 4. The Bertz CT molecular complexity index is 748. The van der Waals surface area contributed by atoms with E-state index in [4.69, 9.17) is 22.1 Å². The summed E-state index contributed by atoms with van der Waals surface area (Å²) >= 11 is 5.81. The molecule has 1 saturated carbocycles. The van der Waals surface area contributed by atoms with Crippen LogP contribution < -0.4 is 15.8 Å². The lowest BCUT2D eigenvalue weighted by atomic mass is 9.91. The van der Waals surface area contributed by atoms with Crippen molar-refractivity contribution in [2.45, 2.75) is 37.8 Å². The van der Waals surface area contributed by atoms with Crippen LogP contribution in [0.2, 0.25) is 5.02 Å². The van der Waals surface area contributed by atoms with Crippen LogP contribution in [0.3, 0.4) is 0 Å². The molecule has 1 fully saturated rings. The van der Waals surface area contributed by atoms with Gasteiger partial charge in [-0.1, -0.05) is 11.6 Å². The minimum atomic E-state index is -0.590. The highest BCUT2D eigenvalue weighted by Gasteiger charge is 2.21. The third kappa shape index (κ3) is 5.34. The van der Waals surface area contributed by atoms with Crippen LogP contribution in [0.5, 0.6) is 11.5 Å². The van der Waals surface area contributed by atoms with Crippen LogP contribution in [0.1, 0.15) is 36.0 Å². The monoisotopic (exact) mass is 398 g/mol. The maximum Gasteiger partial charge on any atom is 0.251 e. The summed E-state index contributed by atoms with van der Waals surface area (Å²) < 4.78 is 19.7. The van der Waals surface area contributed by atoms with Gasteiger partial charge in [0.05, 0.1) is 0 Å². The van der Waals surface area contributed by atoms with Crippen LogP contribution in [-0.2, 0) is 0 Å². The molecule has 0 radical (unpaired) electrons. The Morgan fingerprint density at radius 2 is 1.77 bits per heavy atom. The molecular formula is C19H21Cl2FN2O2. The van der Waals surface area contributed by atoms with Gasteiger partial charge in [-0.25, -0.2) is 4.39 Å². The van der Waals surface area contributed by atoms with Crippen molar-refractivity contribution in [1.82, 2.24) is 5.32 Å². The standard InChI is InChI=1S/C19H20ClFN2O2.ClH/c20-13-2-8-16(9-3-13)25-18-10-1-12(11-17(18)21)19(24)23-15-6-4-14(22)5-7-15;/h1-3,8-11,14-15H,4-7,22H2,(H,23,24);1H. The number of nitrogens with one attached hydrogen (secondary N) is 1.